The van der Waals surface area contributed by atoms with Crippen molar-refractivity contribution in [2.24, 2.45) is 0 Å². The summed E-state index contributed by atoms with van der Waals surface area (Å²) in [5.74, 6) is -1.06. The summed E-state index contributed by atoms with van der Waals surface area (Å²) in [6, 6.07) is 3.76. The summed E-state index contributed by atoms with van der Waals surface area (Å²) in [4.78, 5) is 12.2. The van der Waals surface area contributed by atoms with E-state index in [1.807, 2.05) is 0 Å². The second kappa shape index (κ2) is 5.96. The number of ether oxygens (including phenoxy) is 1. The fourth-order valence-electron chi connectivity index (χ4n) is 2.38. The van der Waals surface area contributed by atoms with Gasteiger partial charge < -0.3 is 4.74 Å². The molecule has 1 heterocycles. The van der Waals surface area contributed by atoms with Crippen molar-refractivity contribution in [3.63, 3.8) is 0 Å². The lowest BCUT2D eigenvalue weighted by molar-refractivity contribution is -0.158. The maximum atomic E-state index is 13.0. The van der Waals surface area contributed by atoms with Crippen molar-refractivity contribution in [3.05, 3.63) is 30.1 Å². The first-order valence-corrected chi connectivity index (χ1v) is 8.55. The number of nitrogens with zero attached hydrogens (tertiary/aromatic N) is 1. The van der Waals surface area contributed by atoms with Crippen LogP contribution in [0.25, 0.3) is 0 Å². The van der Waals surface area contributed by atoms with Crippen LogP contribution in [0.2, 0.25) is 0 Å². The first kappa shape index (κ1) is 16.9. The zero-order valence-electron chi connectivity index (χ0n) is 12.9. The quantitative estimate of drug-likeness (QED) is 0.799. The smallest absolute Gasteiger partial charge is 0.324 e. The first-order valence-electron chi connectivity index (χ1n) is 7.11. The van der Waals surface area contributed by atoms with Crippen LogP contribution >= 0.6 is 0 Å². The number of carbonyl (C=O) groups excluding carboxylic acids is 1. The summed E-state index contributed by atoms with van der Waals surface area (Å²) in [5.41, 5.74) is -0.676. The van der Waals surface area contributed by atoms with E-state index in [-0.39, 0.29) is 11.4 Å². The number of carbonyl (C=O) groups is 1. The molecule has 2 rings (SSSR count). The van der Waals surface area contributed by atoms with Gasteiger partial charge in [0.15, 0.2) is 0 Å². The van der Waals surface area contributed by atoms with Crippen molar-refractivity contribution in [1.82, 2.24) is 4.31 Å². The second-order valence-electron chi connectivity index (χ2n) is 6.26. The van der Waals surface area contributed by atoms with Crippen LogP contribution in [0.4, 0.5) is 4.39 Å². The molecule has 1 aromatic rings. The number of sulfonamides is 1. The molecule has 1 aliphatic rings. The Bertz CT molecular complexity index is 649. The van der Waals surface area contributed by atoms with Crippen molar-refractivity contribution >= 4 is 16.0 Å². The molecule has 0 aliphatic carbocycles. The molecular formula is C15H20FNO4S. The molecular weight excluding hydrogens is 309 g/mol. The van der Waals surface area contributed by atoms with E-state index in [4.69, 9.17) is 4.74 Å². The molecule has 1 aromatic carbocycles. The molecule has 7 heteroatoms. The maximum Gasteiger partial charge on any atom is 0.324 e. The van der Waals surface area contributed by atoms with E-state index in [0.717, 1.165) is 16.4 Å². The first-order chi connectivity index (χ1) is 10.1. The molecule has 22 heavy (non-hydrogen) atoms. The minimum Gasteiger partial charge on any atom is -0.459 e. The molecule has 0 amide bonds. The molecule has 1 atom stereocenters. The van der Waals surface area contributed by atoms with Gasteiger partial charge in [-0.2, -0.15) is 4.31 Å². The third kappa shape index (κ3) is 3.64. The van der Waals surface area contributed by atoms with Gasteiger partial charge in [0, 0.05) is 6.54 Å². The Morgan fingerprint density at radius 3 is 2.41 bits per heavy atom. The Labute approximate surface area is 130 Å². The molecule has 0 bridgehead atoms. The van der Waals surface area contributed by atoms with Crippen LogP contribution in [-0.2, 0) is 19.6 Å². The Balaban J connectivity index is 2.26. The minimum absolute atomic E-state index is 0.0237. The molecule has 0 N–H and O–H groups in total. The van der Waals surface area contributed by atoms with Crippen molar-refractivity contribution in [2.45, 2.75) is 50.2 Å². The molecule has 1 saturated heterocycles. The molecule has 0 unspecified atom stereocenters. The summed E-state index contributed by atoms with van der Waals surface area (Å²) in [6.45, 7) is 5.46. The highest BCUT2D eigenvalue weighted by molar-refractivity contribution is 7.89. The number of benzene rings is 1. The molecule has 5 nitrogen and oxygen atoms in total. The fraction of sp³-hybridized carbons (Fsp3) is 0.533. The van der Waals surface area contributed by atoms with Gasteiger partial charge in [-0.1, -0.05) is 0 Å². The lowest BCUT2D eigenvalue weighted by Crippen LogP contribution is -2.43. The number of esters is 1. The Morgan fingerprint density at radius 2 is 1.86 bits per heavy atom. The normalized spacial score (nSPS) is 20.1. The van der Waals surface area contributed by atoms with Gasteiger partial charge in [-0.05, 0) is 57.9 Å². The predicted molar refractivity (Wildman–Crippen MR) is 79.2 cm³/mol. The average molecular weight is 329 g/mol. The fourth-order valence-corrected chi connectivity index (χ4v) is 4.02. The molecule has 0 saturated carbocycles. The van der Waals surface area contributed by atoms with Gasteiger partial charge in [-0.25, -0.2) is 12.8 Å². The maximum absolute atomic E-state index is 13.0. The molecule has 0 radical (unpaired) electrons. The number of hydrogen-bond acceptors (Lipinski definition) is 4. The van der Waals surface area contributed by atoms with Crippen molar-refractivity contribution < 1.29 is 22.3 Å². The van der Waals surface area contributed by atoms with Crippen LogP contribution < -0.4 is 0 Å². The van der Waals surface area contributed by atoms with E-state index in [9.17, 15) is 17.6 Å². The SMILES string of the molecule is CC(C)(C)OC(=O)[C@@H]1CCCN1S(=O)(=O)c1ccc(F)cc1. The van der Waals surface area contributed by atoms with Crippen molar-refractivity contribution in [1.29, 1.82) is 0 Å². The highest BCUT2D eigenvalue weighted by Crippen LogP contribution is 2.28. The lowest BCUT2D eigenvalue weighted by Gasteiger charge is -2.27. The van der Waals surface area contributed by atoms with E-state index in [1.165, 1.54) is 12.1 Å². The van der Waals surface area contributed by atoms with Crippen LogP contribution in [0.1, 0.15) is 33.6 Å². The summed E-state index contributed by atoms with van der Waals surface area (Å²) in [6.07, 6.45) is 1.01. The summed E-state index contributed by atoms with van der Waals surface area (Å²) in [5, 5.41) is 0. The van der Waals surface area contributed by atoms with Gasteiger partial charge in [0.1, 0.15) is 17.5 Å². The van der Waals surface area contributed by atoms with E-state index < -0.39 is 33.5 Å². The Kier molecular flexibility index (Phi) is 4.58. The second-order valence-corrected chi connectivity index (χ2v) is 8.15. The molecule has 122 valence electrons. The van der Waals surface area contributed by atoms with Crippen LogP contribution in [0.3, 0.4) is 0 Å². The molecule has 0 spiro atoms. The van der Waals surface area contributed by atoms with Gasteiger partial charge in [-0.3, -0.25) is 4.79 Å². The van der Waals surface area contributed by atoms with Crippen molar-refractivity contribution in [3.8, 4) is 0 Å². The number of hydrogen-bond donors (Lipinski definition) is 0. The summed E-state index contributed by atoms with van der Waals surface area (Å²) < 4.78 is 44.6. The van der Waals surface area contributed by atoms with Gasteiger partial charge >= 0.3 is 5.97 Å². The predicted octanol–water partition coefficient (Wildman–Crippen LogP) is 2.32. The Hall–Kier alpha value is -1.47. The van der Waals surface area contributed by atoms with Crippen molar-refractivity contribution in [2.75, 3.05) is 6.54 Å². The lowest BCUT2D eigenvalue weighted by atomic mass is 10.2. The average Bonchev–Trinajstić information content (AvgIpc) is 2.87. The molecule has 1 aliphatic heterocycles. The van der Waals surface area contributed by atoms with Crippen LogP contribution in [0.5, 0.6) is 0 Å². The van der Waals surface area contributed by atoms with Gasteiger partial charge in [-0.15, -0.1) is 0 Å². The van der Waals surface area contributed by atoms with Gasteiger partial charge in [0.05, 0.1) is 4.90 Å². The van der Waals surface area contributed by atoms with E-state index in [0.29, 0.717) is 12.8 Å². The summed E-state index contributed by atoms with van der Waals surface area (Å²) >= 11 is 0. The summed E-state index contributed by atoms with van der Waals surface area (Å²) in [7, 11) is -3.84. The van der Waals surface area contributed by atoms with E-state index in [1.54, 1.807) is 20.8 Å². The zero-order chi connectivity index (χ0) is 16.5. The van der Waals surface area contributed by atoms with E-state index >= 15 is 0 Å². The van der Waals surface area contributed by atoms with Crippen LogP contribution in [0, 0.1) is 5.82 Å². The van der Waals surface area contributed by atoms with Crippen LogP contribution in [0.15, 0.2) is 29.2 Å². The molecule has 1 fully saturated rings. The monoisotopic (exact) mass is 329 g/mol. The Morgan fingerprint density at radius 1 is 1.27 bits per heavy atom. The van der Waals surface area contributed by atoms with E-state index in [2.05, 4.69) is 0 Å². The number of halogens is 1. The molecule has 0 aromatic heterocycles. The van der Waals surface area contributed by atoms with Gasteiger partial charge in [0.25, 0.3) is 0 Å². The largest absolute Gasteiger partial charge is 0.459 e. The number of rotatable bonds is 3. The third-order valence-corrected chi connectivity index (χ3v) is 5.23. The highest BCUT2D eigenvalue weighted by Gasteiger charge is 2.41. The van der Waals surface area contributed by atoms with Gasteiger partial charge in [0.2, 0.25) is 10.0 Å². The third-order valence-electron chi connectivity index (χ3n) is 3.30. The standard InChI is InChI=1S/C15H20FNO4S/c1-15(2,3)21-14(18)13-5-4-10-17(13)22(19,20)12-8-6-11(16)7-9-12/h6-9,13H,4-5,10H2,1-3H3/t13-/m0/s1. The zero-order valence-corrected chi connectivity index (χ0v) is 13.7. The minimum atomic E-state index is -3.84. The highest BCUT2D eigenvalue weighted by atomic mass is 32.2. The topological polar surface area (TPSA) is 63.7 Å². The van der Waals surface area contributed by atoms with Crippen LogP contribution in [-0.4, -0.2) is 36.9 Å².